The Morgan fingerprint density at radius 2 is 1.78 bits per heavy atom. The van der Waals surface area contributed by atoms with Gasteiger partial charge in [-0.3, -0.25) is 10.1 Å². The third-order valence-corrected chi connectivity index (χ3v) is 6.87. The molecule has 0 spiro atoms. The molecule has 1 aliphatic rings. The zero-order valence-corrected chi connectivity index (χ0v) is 21.5. The molecule has 3 unspecified atom stereocenters. The van der Waals surface area contributed by atoms with Gasteiger partial charge < -0.3 is 23.7 Å². The molecular formula is C27H34N2O7. The van der Waals surface area contributed by atoms with Crippen LogP contribution in [0, 0.1) is 27.4 Å². The van der Waals surface area contributed by atoms with Crippen molar-refractivity contribution in [1.82, 2.24) is 0 Å². The van der Waals surface area contributed by atoms with Crippen molar-refractivity contribution in [1.29, 1.82) is 5.26 Å². The van der Waals surface area contributed by atoms with Gasteiger partial charge in [-0.05, 0) is 48.6 Å². The fourth-order valence-electron chi connectivity index (χ4n) is 4.76. The maximum absolute atomic E-state index is 11.9. The van der Waals surface area contributed by atoms with Crippen LogP contribution in [-0.2, 0) is 5.41 Å². The van der Waals surface area contributed by atoms with E-state index in [2.05, 4.69) is 6.07 Å². The van der Waals surface area contributed by atoms with Crippen LogP contribution in [0.4, 0.5) is 0 Å². The number of nitro groups is 1. The van der Waals surface area contributed by atoms with Crippen molar-refractivity contribution >= 4 is 0 Å². The molecule has 3 atom stereocenters. The van der Waals surface area contributed by atoms with E-state index < -0.39 is 17.6 Å². The number of ether oxygens (including phenoxy) is 5. The fraction of sp³-hybridized carbons (Fsp3) is 0.519. The second-order valence-electron chi connectivity index (χ2n) is 9.22. The Kier molecular flexibility index (Phi) is 8.86. The Bertz CT molecular complexity index is 1070. The van der Waals surface area contributed by atoms with Crippen molar-refractivity contribution in [3.05, 3.63) is 52.1 Å². The smallest absolute Gasteiger partial charge is 0.216 e. The van der Waals surface area contributed by atoms with Gasteiger partial charge in [-0.25, -0.2) is 0 Å². The summed E-state index contributed by atoms with van der Waals surface area (Å²) in [7, 11) is 4.58. The summed E-state index contributed by atoms with van der Waals surface area (Å²) in [6, 6.07) is 12.6. The molecule has 2 aromatic carbocycles. The number of hydrogen-bond donors (Lipinski definition) is 0. The van der Waals surface area contributed by atoms with Crippen molar-refractivity contribution in [2.75, 3.05) is 27.9 Å². The van der Waals surface area contributed by atoms with Crippen molar-refractivity contribution in [2.45, 2.75) is 57.1 Å². The van der Waals surface area contributed by atoms with Crippen LogP contribution in [0.2, 0.25) is 0 Å². The predicted molar refractivity (Wildman–Crippen MR) is 134 cm³/mol. The number of rotatable bonds is 12. The predicted octanol–water partition coefficient (Wildman–Crippen LogP) is 5.18. The van der Waals surface area contributed by atoms with Crippen LogP contribution in [0.15, 0.2) is 36.4 Å². The summed E-state index contributed by atoms with van der Waals surface area (Å²) in [5.41, 5.74) is -0.162. The Hall–Kier alpha value is -3.67. The molecule has 0 saturated carbocycles. The summed E-state index contributed by atoms with van der Waals surface area (Å²) in [5, 5.41) is 22.2. The molecule has 36 heavy (non-hydrogen) atoms. The molecule has 2 aromatic rings. The van der Waals surface area contributed by atoms with E-state index in [1.807, 2.05) is 32.0 Å². The maximum atomic E-state index is 11.9. The number of para-hydroxylation sites is 2. The normalized spacial score (nSPS) is 17.0. The largest absolute Gasteiger partial charge is 0.493 e. The number of nitriles is 1. The lowest BCUT2D eigenvalue weighted by Gasteiger charge is -2.32. The van der Waals surface area contributed by atoms with Gasteiger partial charge in [-0.1, -0.05) is 26.0 Å². The van der Waals surface area contributed by atoms with Crippen molar-refractivity contribution < 1.29 is 28.6 Å². The summed E-state index contributed by atoms with van der Waals surface area (Å²) in [6.07, 6.45) is 1.06. The van der Waals surface area contributed by atoms with Crippen LogP contribution in [0.3, 0.4) is 0 Å². The lowest BCUT2D eigenvalue weighted by atomic mass is 9.69. The Balaban J connectivity index is 1.76. The molecule has 0 amide bonds. The molecule has 0 fully saturated rings. The van der Waals surface area contributed by atoms with Gasteiger partial charge in [0, 0.05) is 11.3 Å². The van der Waals surface area contributed by atoms with Gasteiger partial charge in [0.25, 0.3) is 0 Å². The Morgan fingerprint density at radius 3 is 2.31 bits per heavy atom. The molecule has 9 heteroatoms. The van der Waals surface area contributed by atoms with Crippen LogP contribution in [-0.4, -0.2) is 45.0 Å². The molecule has 0 radical (unpaired) electrons. The molecule has 194 valence electrons. The first kappa shape index (κ1) is 26.9. The lowest BCUT2D eigenvalue weighted by Crippen LogP contribution is -2.36. The van der Waals surface area contributed by atoms with Crippen LogP contribution in [0.5, 0.6) is 28.7 Å². The van der Waals surface area contributed by atoms with E-state index in [4.69, 9.17) is 23.7 Å². The average Bonchev–Trinajstić information content (AvgIpc) is 2.89. The molecule has 0 aromatic heterocycles. The highest BCUT2D eigenvalue weighted by atomic mass is 16.6. The summed E-state index contributed by atoms with van der Waals surface area (Å²) >= 11 is 0. The first-order valence-corrected chi connectivity index (χ1v) is 12.0. The van der Waals surface area contributed by atoms with Gasteiger partial charge in [-0.15, -0.1) is 0 Å². The highest BCUT2D eigenvalue weighted by Gasteiger charge is 2.38. The fourth-order valence-corrected chi connectivity index (χ4v) is 4.76. The van der Waals surface area contributed by atoms with Crippen LogP contribution in [0.25, 0.3) is 0 Å². The van der Waals surface area contributed by atoms with Crippen LogP contribution < -0.4 is 23.7 Å². The minimum absolute atomic E-state index is 0.0639. The quantitative estimate of drug-likeness (QED) is 0.291. The van der Waals surface area contributed by atoms with Crippen molar-refractivity contribution in [3.8, 4) is 34.8 Å². The molecule has 3 rings (SSSR count). The molecule has 0 bridgehead atoms. The van der Waals surface area contributed by atoms with E-state index in [1.165, 1.54) is 21.3 Å². The molecular weight excluding hydrogens is 464 g/mol. The van der Waals surface area contributed by atoms with Gasteiger partial charge in [0.15, 0.2) is 23.0 Å². The average molecular weight is 499 g/mol. The van der Waals surface area contributed by atoms with E-state index in [-0.39, 0.29) is 23.9 Å². The van der Waals surface area contributed by atoms with E-state index in [0.717, 1.165) is 5.56 Å². The van der Waals surface area contributed by atoms with Crippen LogP contribution in [0.1, 0.15) is 45.1 Å². The van der Waals surface area contributed by atoms with Crippen molar-refractivity contribution in [2.24, 2.45) is 5.92 Å². The van der Waals surface area contributed by atoms with Gasteiger partial charge in [-0.2, -0.15) is 5.26 Å². The van der Waals surface area contributed by atoms with Gasteiger partial charge in [0.2, 0.25) is 11.8 Å². The molecule has 1 aliphatic heterocycles. The maximum Gasteiger partial charge on any atom is 0.216 e. The molecule has 0 aliphatic carbocycles. The zero-order valence-electron chi connectivity index (χ0n) is 21.5. The number of hydrogen-bond acceptors (Lipinski definition) is 8. The number of benzene rings is 2. The zero-order chi connectivity index (χ0) is 26.3. The van der Waals surface area contributed by atoms with Gasteiger partial charge in [0.1, 0.15) is 12.7 Å². The first-order valence-electron chi connectivity index (χ1n) is 12.0. The van der Waals surface area contributed by atoms with Gasteiger partial charge >= 0.3 is 0 Å². The minimum Gasteiger partial charge on any atom is -0.493 e. The summed E-state index contributed by atoms with van der Waals surface area (Å²) < 4.78 is 28.1. The lowest BCUT2D eigenvalue weighted by molar-refractivity contribution is -0.526. The summed E-state index contributed by atoms with van der Waals surface area (Å²) in [5.74, 6) is 2.55. The van der Waals surface area contributed by atoms with Crippen LogP contribution >= 0.6 is 0 Å². The molecule has 9 nitrogen and oxygen atoms in total. The summed E-state index contributed by atoms with van der Waals surface area (Å²) in [4.78, 5) is 11.6. The second kappa shape index (κ2) is 11.8. The number of fused-ring (bicyclic) bond motifs is 1. The Morgan fingerprint density at radius 1 is 1.14 bits per heavy atom. The third kappa shape index (κ3) is 5.59. The van der Waals surface area contributed by atoms with E-state index in [9.17, 15) is 15.4 Å². The third-order valence-electron chi connectivity index (χ3n) is 6.87. The molecule has 0 N–H and O–H groups in total. The highest BCUT2D eigenvalue weighted by molar-refractivity contribution is 5.56. The standard InChI is InChI=1S/C27H34N2O7/c1-18(2)27(17-28,19-13-24(32-3)26(34-5)25(14-19)33-4)12-8-9-20(29(30)31)15-21-16-35-22-10-6-7-11-23(22)36-21/h6-7,10-11,13-14,18,20-21H,8-9,12,15-16H2,1-5H3. The highest BCUT2D eigenvalue weighted by Crippen LogP contribution is 2.45. The van der Waals surface area contributed by atoms with Crippen molar-refractivity contribution in [3.63, 3.8) is 0 Å². The van der Waals surface area contributed by atoms with Gasteiger partial charge in [0.05, 0.1) is 39.2 Å². The number of methoxy groups -OCH3 is 3. The van der Waals surface area contributed by atoms with E-state index >= 15 is 0 Å². The number of nitrogens with zero attached hydrogens (tertiary/aromatic N) is 2. The van der Waals surface area contributed by atoms with E-state index in [1.54, 1.807) is 18.2 Å². The molecule has 1 heterocycles. The monoisotopic (exact) mass is 498 g/mol. The SMILES string of the molecule is COc1cc(C(C#N)(CCCC(CC2COc3ccccc3O2)[N+](=O)[O-])C(C)C)cc(OC)c1OC. The molecule has 0 saturated heterocycles. The topological polar surface area (TPSA) is 113 Å². The summed E-state index contributed by atoms with van der Waals surface area (Å²) in [6.45, 7) is 4.21. The Labute approximate surface area is 212 Å². The second-order valence-corrected chi connectivity index (χ2v) is 9.22. The van der Waals surface area contributed by atoms with E-state index in [0.29, 0.717) is 48.0 Å². The minimum atomic E-state index is -0.891. The first-order chi connectivity index (χ1) is 17.3.